The van der Waals surface area contributed by atoms with Gasteiger partial charge in [-0.25, -0.2) is 4.39 Å². The zero-order chi connectivity index (χ0) is 18.5. The third-order valence-corrected chi connectivity index (χ3v) is 4.33. The molecule has 0 aromatic rings. The predicted molar refractivity (Wildman–Crippen MR) is 95.6 cm³/mol. The van der Waals surface area contributed by atoms with Gasteiger partial charge in [-0.2, -0.15) is 0 Å². The summed E-state index contributed by atoms with van der Waals surface area (Å²) in [7, 11) is 1.58. The van der Waals surface area contributed by atoms with Gasteiger partial charge in [0, 0.05) is 26.9 Å². The first-order valence-corrected chi connectivity index (χ1v) is 9.82. The van der Waals surface area contributed by atoms with Gasteiger partial charge in [-0.3, -0.25) is 0 Å². The molecule has 150 valence electrons. The summed E-state index contributed by atoms with van der Waals surface area (Å²) in [5.41, 5.74) is 0. The number of hydrogen-bond donors (Lipinski definition) is 0. The van der Waals surface area contributed by atoms with Crippen LogP contribution in [0.3, 0.4) is 0 Å². The number of methoxy groups -OCH3 is 1. The molecule has 0 radical (unpaired) electrons. The molecule has 6 heteroatoms. The first-order valence-electron chi connectivity index (χ1n) is 9.82. The van der Waals surface area contributed by atoms with E-state index < -0.39 is 24.7 Å². The maximum absolute atomic E-state index is 14.6. The fourth-order valence-electron chi connectivity index (χ4n) is 2.82. The Kier molecular flexibility index (Phi) is 12.6. The molecule has 1 heterocycles. The first-order chi connectivity index (χ1) is 12.2. The van der Waals surface area contributed by atoms with Crippen LogP contribution in [0, 0.1) is 0 Å². The molecule has 1 aliphatic rings. The Morgan fingerprint density at radius 2 is 1.24 bits per heavy atom. The normalized spacial score (nSPS) is 29.9. The van der Waals surface area contributed by atoms with E-state index in [4.69, 9.17) is 23.7 Å². The van der Waals surface area contributed by atoms with Gasteiger partial charge in [-0.15, -0.1) is 0 Å². The van der Waals surface area contributed by atoms with Crippen LogP contribution < -0.4 is 0 Å². The van der Waals surface area contributed by atoms with Crippen molar-refractivity contribution in [2.24, 2.45) is 0 Å². The molecule has 1 rings (SSSR count). The van der Waals surface area contributed by atoms with Crippen LogP contribution in [0.4, 0.5) is 4.39 Å². The minimum absolute atomic E-state index is 0.270. The molecule has 1 fully saturated rings. The second kappa shape index (κ2) is 13.9. The molecule has 25 heavy (non-hydrogen) atoms. The summed E-state index contributed by atoms with van der Waals surface area (Å²) in [6, 6.07) is 0. The lowest BCUT2D eigenvalue weighted by atomic mass is 9.98. The SMILES string of the molecule is CCCCOC1C(F)OC(COC)[C@H](OCCCC)C1OCCCC. The quantitative estimate of drug-likeness (QED) is 0.438. The zero-order valence-electron chi connectivity index (χ0n) is 16.4. The largest absolute Gasteiger partial charge is 0.382 e. The van der Waals surface area contributed by atoms with E-state index >= 15 is 0 Å². The fraction of sp³-hybridized carbons (Fsp3) is 1.00. The molecule has 0 bridgehead atoms. The summed E-state index contributed by atoms with van der Waals surface area (Å²) in [5.74, 6) is 0. The van der Waals surface area contributed by atoms with Crippen molar-refractivity contribution >= 4 is 0 Å². The standard InChI is InChI=1S/C19H37FO5/c1-5-8-11-22-16-15(14-21-4)25-19(20)18(24-13-10-7-3)17(16)23-12-9-6-2/h15-19H,5-14H2,1-4H3/t15?,16-,17?,18?,19?/m0/s1. The number of rotatable bonds is 14. The van der Waals surface area contributed by atoms with E-state index in [-0.39, 0.29) is 12.7 Å². The summed E-state index contributed by atoms with van der Waals surface area (Å²) < 4.78 is 43.2. The van der Waals surface area contributed by atoms with Gasteiger partial charge in [0.1, 0.15) is 24.4 Å². The highest BCUT2D eigenvalue weighted by molar-refractivity contribution is 4.92. The van der Waals surface area contributed by atoms with Crippen LogP contribution >= 0.6 is 0 Å². The molecule has 0 aromatic carbocycles. The minimum Gasteiger partial charge on any atom is -0.382 e. The lowest BCUT2D eigenvalue weighted by Crippen LogP contribution is -2.60. The van der Waals surface area contributed by atoms with Crippen molar-refractivity contribution < 1.29 is 28.1 Å². The first kappa shape index (κ1) is 22.8. The molecule has 1 aliphatic heterocycles. The molecule has 0 aliphatic carbocycles. The van der Waals surface area contributed by atoms with Gasteiger partial charge in [-0.1, -0.05) is 40.0 Å². The predicted octanol–water partition coefficient (Wildman–Crippen LogP) is 3.88. The van der Waals surface area contributed by atoms with E-state index in [0.29, 0.717) is 19.8 Å². The highest BCUT2D eigenvalue weighted by Gasteiger charge is 2.48. The van der Waals surface area contributed by atoms with E-state index in [9.17, 15) is 4.39 Å². The maximum atomic E-state index is 14.6. The van der Waals surface area contributed by atoms with Crippen molar-refractivity contribution in [2.45, 2.75) is 90.1 Å². The Hall–Kier alpha value is -0.270. The zero-order valence-corrected chi connectivity index (χ0v) is 16.4. The summed E-state index contributed by atoms with van der Waals surface area (Å²) in [6.07, 6.45) is 2.14. The topological polar surface area (TPSA) is 46.2 Å². The molecule has 0 saturated carbocycles. The number of halogens is 1. The van der Waals surface area contributed by atoms with E-state index in [1.165, 1.54) is 0 Å². The lowest BCUT2D eigenvalue weighted by molar-refractivity contribution is -0.292. The van der Waals surface area contributed by atoms with Crippen molar-refractivity contribution in [1.29, 1.82) is 0 Å². The van der Waals surface area contributed by atoms with E-state index in [2.05, 4.69) is 20.8 Å². The van der Waals surface area contributed by atoms with Crippen molar-refractivity contribution in [1.82, 2.24) is 0 Å². The van der Waals surface area contributed by atoms with Crippen LogP contribution in [0.5, 0.6) is 0 Å². The second-order valence-corrected chi connectivity index (χ2v) is 6.55. The highest BCUT2D eigenvalue weighted by atomic mass is 19.1. The van der Waals surface area contributed by atoms with Crippen molar-refractivity contribution in [3.63, 3.8) is 0 Å². The van der Waals surface area contributed by atoms with Crippen LogP contribution in [0.2, 0.25) is 0 Å². The van der Waals surface area contributed by atoms with E-state index in [0.717, 1.165) is 38.5 Å². The number of alkyl halides is 1. The smallest absolute Gasteiger partial charge is 0.228 e. The minimum atomic E-state index is -1.53. The third kappa shape index (κ3) is 7.87. The monoisotopic (exact) mass is 364 g/mol. The van der Waals surface area contributed by atoms with Crippen molar-refractivity contribution in [3.8, 4) is 0 Å². The number of hydrogen-bond acceptors (Lipinski definition) is 5. The van der Waals surface area contributed by atoms with Gasteiger partial charge in [-0.05, 0) is 19.3 Å². The fourth-order valence-corrected chi connectivity index (χ4v) is 2.82. The van der Waals surface area contributed by atoms with Crippen molar-refractivity contribution in [3.05, 3.63) is 0 Å². The average molecular weight is 364 g/mol. The van der Waals surface area contributed by atoms with Crippen LogP contribution in [-0.4, -0.2) is 64.3 Å². The molecule has 0 spiro atoms. The molecule has 4 unspecified atom stereocenters. The van der Waals surface area contributed by atoms with Gasteiger partial charge in [0.15, 0.2) is 0 Å². The van der Waals surface area contributed by atoms with E-state index in [1.54, 1.807) is 7.11 Å². The Morgan fingerprint density at radius 1 is 0.760 bits per heavy atom. The molecule has 0 N–H and O–H groups in total. The molecular weight excluding hydrogens is 327 g/mol. The maximum Gasteiger partial charge on any atom is 0.228 e. The van der Waals surface area contributed by atoms with Gasteiger partial charge >= 0.3 is 0 Å². The summed E-state index contributed by atoms with van der Waals surface area (Å²) in [5, 5.41) is 0. The summed E-state index contributed by atoms with van der Waals surface area (Å²) in [6.45, 7) is 8.21. The number of ether oxygens (including phenoxy) is 5. The van der Waals surface area contributed by atoms with Gasteiger partial charge < -0.3 is 23.7 Å². The lowest BCUT2D eigenvalue weighted by Gasteiger charge is -2.43. The van der Waals surface area contributed by atoms with Crippen molar-refractivity contribution in [2.75, 3.05) is 33.5 Å². The highest BCUT2D eigenvalue weighted by Crippen LogP contribution is 2.29. The summed E-state index contributed by atoms with van der Waals surface area (Å²) in [4.78, 5) is 0. The molecule has 0 aromatic heterocycles. The van der Waals surface area contributed by atoms with E-state index in [1.807, 2.05) is 0 Å². The molecule has 1 saturated heterocycles. The molecule has 5 atom stereocenters. The molecule has 5 nitrogen and oxygen atoms in total. The summed E-state index contributed by atoms with van der Waals surface area (Å²) >= 11 is 0. The van der Waals surface area contributed by atoms with Crippen LogP contribution in [0.15, 0.2) is 0 Å². The van der Waals surface area contributed by atoms with Gasteiger partial charge in [0.25, 0.3) is 0 Å². The number of unbranched alkanes of at least 4 members (excludes halogenated alkanes) is 3. The van der Waals surface area contributed by atoms with Gasteiger partial charge in [0.2, 0.25) is 6.36 Å². The van der Waals surface area contributed by atoms with Gasteiger partial charge in [0.05, 0.1) is 6.61 Å². The Morgan fingerprint density at radius 3 is 1.72 bits per heavy atom. The molecular formula is C19H37FO5. The van der Waals surface area contributed by atoms with Crippen LogP contribution in [0.25, 0.3) is 0 Å². The van der Waals surface area contributed by atoms with Crippen LogP contribution in [-0.2, 0) is 23.7 Å². The molecule has 0 amide bonds. The Balaban J connectivity index is 2.84. The van der Waals surface area contributed by atoms with Crippen LogP contribution in [0.1, 0.15) is 59.3 Å². The second-order valence-electron chi connectivity index (χ2n) is 6.55. The third-order valence-electron chi connectivity index (χ3n) is 4.33. The average Bonchev–Trinajstić information content (AvgIpc) is 2.60. The Bertz CT molecular complexity index is 318. The Labute approximate surface area is 152 Å².